The van der Waals surface area contributed by atoms with Crippen LogP contribution in [0.15, 0.2) is 30.7 Å². The Morgan fingerprint density at radius 3 is 2.67 bits per heavy atom. The summed E-state index contributed by atoms with van der Waals surface area (Å²) in [5, 5.41) is 8.89. The molecule has 0 saturated heterocycles. The summed E-state index contributed by atoms with van der Waals surface area (Å²) in [7, 11) is 2.41. The van der Waals surface area contributed by atoms with Crippen molar-refractivity contribution in [3.8, 4) is 6.07 Å². The monoisotopic (exact) mass is 290 g/mol. The van der Waals surface area contributed by atoms with E-state index in [1.165, 1.54) is 43.3 Å². The van der Waals surface area contributed by atoms with E-state index in [0.29, 0.717) is 0 Å². The standard InChI is InChI=1S/C14H14N2O5/c1-4-5-21-12(14(18)20-3)9-16-8-10(7-15)6-11(16)13(17)19-2/h4,6,8-9H,1,5H2,2-3H3/b12-9+. The highest BCUT2D eigenvalue weighted by atomic mass is 16.6. The van der Waals surface area contributed by atoms with Gasteiger partial charge in [-0.3, -0.25) is 0 Å². The van der Waals surface area contributed by atoms with Crippen LogP contribution < -0.4 is 0 Å². The van der Waals surface area contributed by atoms with Gasteiger partial charge in [-0.25, -0.2) is 9.59 Å². The first-order valence-corrected chi connectivity index (χ1v) is 5.81. The van der Waals surface area contributed by atoms with Crippen molar-refractivity contribution in [2.45, 2.75) is 0 Å². The van der Waals surface area contributed by atoms with E-state index in [-0.39, 0.29) is 23.6 Å². The second-order valence-corrected chi connectivity index (χ2v) is 3.71. The molecule has 1 aromatic rings. The summed E-state index contributed by atoms with van der Waals surface area (Å²) in [5.41, 5.74) is 0.317. The molecule has 0 bridgehead atoms. The maximum atomic E-state index is 11.6. The Labute approximate surface area is 121 Å². The van der Waals surface area contributed by atoms with Crippen molar-refractivity contribution in [2.24, 2.45) is 0 Å². The van der Waals surface area contributed by atoms with Gasteiger partial charge in [0.1, 0.15) is 18.4 Å². The van der Waals surface area contributed by atoms with Crippen LogP contribution in [0.3, 0.4) is 0 Å². The maximum absolute atomic E-state index is 11.6. The van der Waals surface area contributed by atoms with Gasteiger partial charge in [-0.15, -0.1) is 0 Å². The zero-order valence-corrected chi connectivity index (χ0v) is 11.7. The van der Waals surface area contributed by atoms with E-state index in [2.05, 4.69) is 16.1 Å². The number of methoxy groups -OCH3 is 2. The van der Waals surface area contributed by atoms with Gasteiger partial charge >= 0.3 is 11.9 Å². The molecule has 0 spiro atoms. The lowest BCUT2D eigenvalue weighted by Crippen LogP contribution is -2.12. The summed E-state index contributed by atoms with van der Waals surface area (Å²) in [4.78, 5) is 23.2. The SMILES string of the molecule is C=CCO/C(=C/n1cc(C#N)cc1C(=O)OC)C(=O)OC. The van der Waals surface area contributed by atoms with E-state index in [0.717, 1.165) is 0 Å². The van der Waals surface area contributed by atoms with E-state index in [1.807, 2.05) is 6.07 Å². The van der Waals surface area contributed by atoms with Crippen molar-refractivity contribution in [2.75, 3.05) is 20.8 Å². The number of nitriles is 1. The van der Waals surface area contributed by atoms with Crippen molar-refractivity contribution >= 4 is 18.1 Å². The van der Waals surface area contributed by atoms with Crippen molar-refractivity contribution in [3.63, 3.8) is 0 Å². The number of hydrogen-bond acceptors (Lipinski definition) is 6. The Morgan fingerprint density at radius 2 is 2.14 bits per heavy atom. The number of carbonyl (C=O) groups excluding carboxylic acids is 2. The summed E-state index contributed by atoms with van der Waals surface area (Å²) >= 11 is 0. The fourth-order valence-electron chi connectivity index (χ4n) is 1.44. The second-order valence-electron chi connectivity index (χ2n) is 3.71. The number of aromatic nitrogens is 1. The Balaban J connectivity index is 3.27. The molecule has 0 aliphatic carbocycles. The molecule has 110 valence electrons. The molecule has 0 amide bonds. The van der Waals surface area contributed by atoms with Gasteiger partial charge in [-0.2, -0.15) is 5.26 Å². The number of carbonyl (C=O) groups is 2. The normalized spacial score (nSPS) is 10.4. The third-order valence-corrected chi connectivity index (χ3v) is 2.37. The van der Waals surface area contributed by atoms with Crippen molar-refractivity contribution in [1.82, 2.24) is 4.57 Å². The van der Waals surface area contributed by atoms with Crippen LogP contribution >= 0.6 is 0 Å². The molecule has 0 atom stereocenters. The van der Waals surface area contributed by atoms with E-state index >= 15 is 0 Å². The van der Waals surface area contributed by atoms with Crippen LogP contribution in [0.1, 0.15) is 16.1 Å². The van der Waals surface area contributed by atoms with Gasteiger partial charge in [-0.05, 0) is 6.07 Å². The molecule has 1 aromatic heterocycles. The molecule has 21 heavy (non-hydrogen) atoms. The minimum atomic E-state index is -0.722. The van der Waals surface area contributed by atoms with Crippen molar-refractivity contribution < 1.29 is 23.8 Å². The van der Waals surface area contributed by atoms with Crippen LogP contribution in [0.25, 0.3) is 6.20 Å². The summed E-state index contributed by atoms with van der Waals surface area (Å²) in [6.45, 7) is 3.56. The van der Waals surface area contributed by atoms with Gasteiger partial charge in [0.15, 0.2) is 0 Å². The largest absolute Gasteiger partial charge is 0.481 e. The Hall–Kier alpha value is -3.01. The van der Waals surface area contributed by atoms with Crippen LogP contribution in [0, 0.1) is 11.3 Å². The zero-order valence-electron chi connectivity index (χ0n) is 11.7. The zero-order chi connectivity index (χ0) is 15.8. The van der Waals surface area contributed by atoms with Crippen LogP contribution in [0.2, 0.25) is 0 Å². The van der Waals surface area contributed by atoms with Gasteiger partial charge in [0.25, 0.3) is 0 Å². The number of nitrogens with zero attached hydrogens (tertiary/aromatic N) is 2. The maximum Gasteiger partial charge on any atom is 0.374 e. The fraction of sp³-hybridized carbons (Fsp3) is 0.214. The highest BCUT2D eigenvalue weighted by molar-refractivity contribution is 5.92. The van der Waals surface area contributed by atoms with E-state index in [1.54, 1.807) is 0 Å². The highest BCUT2D eigenvalue weighted by Gasteiger charge is 2.17. The smallest absolute Gasteiger partial charge is 0.374 e. The van der Waals surface area contributed by atoms with Crippen LogP contribution in [0.4, 0.5) is 0 Å². The second kappa shape index (κ2) is 7.55. The van der Waals surface area contributed by atoms with Crippen molar-refractivity contribution in [1.29, 1.82) is 5.26 Å². The summed E-state index contributed by atoms with van der Waals surface area (Å²) in [6.07, 6.45) is 4.06. The lowest BCUT2D eigenvalue weighted by molar-refractivity contribution is -0.139. The Kier molecular flexibility index (Phi) is 5.77. The summed E-state index contributed by atoms with van der Waals surface area (Å²) in [6, 6.07) is 3.23. The van der Waals surface area contributed by atoms with Gasteiger partial charge in [-0.1, -0.05) is 12.7 Å². The third kappa shape index (κ3) is 3.98. The molecule has 1 heterocycles. The Morgan fingerprint density at radius 1 is 1.43 bits per heavy atom. The quantitative estimate of drug-likeness (QED) is 0.339. The molecular weight excluding hydrogens is 276 g/mol. The van der Waals surface area contributed by atoms with Gasteiger partial charge in [0, 0.05) is 6.20 Å². The first kappa shape index (κ1) is 16.0. The summed E-state index contributed by atoms with van der Waals surface area (Å²) < 4.78 is 15.6. The van der Waals surface area contributed by atoms with Gasteiger partial charge in [0.2, 0.25) is 5.76 Å². The summed E-state index contributed by atoms with van der Waals surface area (Å²) in [5.74, 6) is -1.51. The number of ether oxygens (including phenoxy) is 3. The highest BCUT2D eigenvalue weighted by Crippen LogP contribution is 2.13. The molecule has 0 fully saturated rings. The number of hydrogen-bond donors (Lipinski definition) is 0. The molecule has 7 nitrogen and oxygen atoms in total. The average molecular weight is 290 g/mol. The first-order valence-electron chi connectivity index (χ1n) is 5.81. The van der Waals surface area contributed by atoms with Crippen molar-refractivity contribution in [3.05, 3.63) is 41.9 Å². The molecule has 0 aliphatic heterocycles. The fourth-order valence-corrected chi connectivity index (χ4v) is 1.44. The number of rotatable bonds is 6. The predicted molar refractivity (Wildman–Crippen MR) is 72.9 cm³/mol. The van der Waals surface area contributed by atoms with E-state index in [9.17, 15) is 9.59 Å². The average Bonchev–Trinajstić information content (AvgIpc) is 2.92. The Bertz CT molecular complexity index is 622. The molecule has 0 saturated carbocycles. The molecule has 0 radical (unpaired) electrons. The molecule has 7 heteroatoms. The topological polar surface area (TPSA) is 90.5 Å². The lowest BCUT2D eigenvalue weighted by Gasteiger charge is -2.08. The lowest BCUT2D eigenvalue weighted by atomic mass is 10.3. The molecular formula is C14H14N2O5. The number of esters is 2. The molecule has 1 rings (SSSR count). The van der Waals surface area contributed by atoms with Crippen LogP contribution in [-0.4, -0.2) is 37.3 Å². The molecule has 0 N–H and O–H groups in total. The minimum absolute atomic E-state index is 0.0812. The van der Waals surface area contributed by atoms with Gasteiger partial charge < -0.3 is 18.8 Å². The van der Waals surface area contributed by atoms with E-state index in [4.69, 9.17) is 10.00 Å². The molecule has 0 aliphatic rings. The van der Waals surface area contributed by atoms with Crippen LogP contribution in [-0.2, 0) is 19.0 Å². The van der Waals surface area contributed by atoms with Gasteiger partial charge in [0.05, 0.1) is 26.0 Å². The van der Waals surface area contributed by atoms with E-state index < -0.39 is 11.9 Å². The minimum Gasteiger partial charge on any atom is -0.481 e. The van der Waals surface area contributed by atoms with Crippen LogP contribution in [0.5, 0.6) is 0 Å². The molecule has 0 aromatic carbocycles. The third-order valence-electron chi connectivity index (χ3n) is 2.37. The predicted octanol–water partition coefficient (Wildman–Crippen LogP) is 1.32. The molecule has 0 unspecified atom stereocenters. The first-order chi connectivity index (χ1) is 10.1.